The van der Waals surface area contributed by atoms with E-state index in [1.165, 1.54) is 0 Å². The highest BCUT2D eigenvalue weighted by atomic mass is 35.5. The minimum atomic E-state index is -0.653. The van der Waals surface area contributed by atoms with Gasteiger partial charge in [-0.2, -0.15) is 0 Å². The van der Waals surface area contributed by atoms with Gasteiger partial charge in [0.15, 0.2) is 0 Å². The molecule has 7 heteroatoms. The molecule has 0 aliphatic carbocycles. The van der Waals surface area contributed by atoms with E-state index in [-0.39, 0.29) is 12.7 Å². The highest BCUT2D eigenvalue weighted by Gasteiger charge is 2.25. The predicted molar refractivity (Wildman–Crippen MR) is 124 cm³/mol. The number of halogens is 1. The largest absolute Gasteiger partial charge is 0.467 e. The second-order valence-electron chi connectivity index (χ2n) is 7.91. The molecule has 168 valence electrons. The number of oxime groups is 1. The van der Waals surface area contributed by atoms with Crippen LogP contribution in [0.25, 0.3) is 0 Å². The van der Waals surface area contributed by atoms with Crippen LogP contribution in [0.4, 0.5) is 0 Å². The van der Waals surface area contributed by atoms with Gasteiger partial charge in [0.2, 0.25) is 0 Å². The Labute approximate surface area is 193 Å². The van der Waals surface area contributed by atoms with Gasteiger partial charge >= 0.3 is 0 Å². The number of benzene rings is 2. The van der Waals surface area contributed by atoms with E-state index in [1.807, 2.05) is 66.7 Å². The van der Waals surface area contributed by atoms with Gasteiger partial charge in [-0.05, 0) is 35.4 Å². The zero-order valence-electron chi connectivity index (χ0n) is 17.8. The summed E-state index contributed by atoms with van der Waals surface area (Å²) >= 11 is 6.17. The molecule has 0 saturated heterocycles. The third kappa shape index (κ3) is 6.68. The van der Waals surface area contributed by atoms with Crippen LogP contribution in [-0.2, 0) is 22.7 Å². The highest BCUT2D eigenvalue weighted by molar-refractivity contribution is 6.30. The average Bonchev–Trinajstić information content (AvgIpc) is 3.47. The van der Waals surface area contributed by atoms with Crippen LogP contribution in [0.15, 0.2) is 82.6 Å². The van der Waals surface area contributed by atoms with Crippen LogP contribution in [0.2, 0.25) is 5.02 Å². The maximum Gasteiger partial charge on any atom is 0.145 e. The fraction of sp³-hybridized carbons (Fsp3) is 0.320. The summed E-state index contributed by atoms with van der Waals surface area (Å²) in [6.07, 6.45) is 1.59. The maximum atomic E-state index is 10.6. The lowest BCUT2D eigenvalue weighted by Crippen LogP contribution is -2.39. The molecule has 0 radical (unpaired) electrons. The van der Waals surface area contributed by atoms with Crippen molar-refractivity contribution in [3.63, 3.8) is 0 Å². The lowest BCUT2D eigenvalue weighted by Gasteiger charge is -2.27. The lowest BCUT2D eigenvalue weighted by molar-refractivity contribution is -0.00955. The molecule has 1 aliphatic rings. The topological polar surface area (TPSA) is 67.4 Å². The predicted octanol–water partition coefficient (Wildman–Crippen LogP) is 4.51. The molecule has 1 aliphatic heterocycles. The van der Waals surface area contributed by atoms with E-state index in [4.69, 9.17) is 25.6 Å². The van der Waals surface area contributed by atoms with Gasteiger partial charge < -0.3 is 19.1 Å². The molecule has 0 amide bonds. The Kier molecular flexibility index (Phi) is 7.96. The lowest BCUT2D eigenvalue weighted by atomic mass is 10.0. The van der Waals surface area contributed by atoms with E-state index >= 15 is 0 Å². The van der Waals surface area contributed by atoms with Crippen LogP contribution in [0.5, 0.6) is 0 Å². The molecule has 2 aromatic carbocycles. The number of hydrogen-bond acceptors (Lipinski definition) is 6. The second kappa shape index (κ2) is 11.3. The van der Waals surface area contributed by atoms with Gasteiger partial charge in [-0.1, -0.05) is 59.2 Å². The summed E-state index contributed by atoms with van der Waals surface area (Å²) < 4.78 is 10.9. The summed E-state index contributed by atoms with van der Waals surface area (Å²) in [6, 6.07) is 21.5. The van der Waals surface area contributed by atoms with Crippen molar-refractivity contribution in [1.82, 2.24) is 4.90 Å². The molecule has 4 rings (SSSR count). The molecule has 0 bridgehead atoms. The zero-order valence-corrected chi connectivity index (χ0v) is 18.5. The Morgan fingerprint density at radius 2 is 2.00 bits per heavy atom. The third-order valence-corrected chi connectivity index (χ3v) is 5.44. The average molecular weight is 455 g/mol. The Morgan fingerprint density at radius 3 is 2.78 bits per heavy atom. The molecule has 1 aromatic heterocycles. The van der Waals surface area contributed by atoms with Crippen molar-refractivity contribution in [2.45, 2.75) is 31.8 Å². The quantitative estimate of drug-likeness (QED) is 0.462. The highest BCUT2D eigenvalue weighted by Crippen LogP contribution is 2.19. The molecule has 1 N–H and O–H groups in total. The van der Waals surface area contributed by atoms with Gasteiger partial charge in [-0.3, -0.25) is 4.90 Å². The maximum absolute atomic E-state index is 10.6. The number of ether oxygens (including phenoxy) is 1. The molecule has 2 unspecified atom stereocenters. The Balaban J connectivity index is 1.34. The molecule has 0 spiro atoms. The molecule has 0 fully saturated rings. The zero-order chi connectivity index (χ0) is 22.2. The third-order valence-electron chi connectivity index (χ3n) is 5.20. The van der Waals surface area contributed by atoms with Gasteiger partial charge in [0.05, 0.1) is 24.7 Å². The summed E-state index contributed by atoms with van der Waals surface area (Å²) in [6.45, 7) is 2.24. The van der Waals surface area contributed by atoms with E-state index in [0.29, 0.717) is 31.3 Å². The van der Waals surface area contributed by atoms with E-state index in [0.717, 1.165) is 29.0 Å². The number of hydrogen-bond donors (Lipinski definition) is 1. The van der Waals surface area contributed by atoms with E-state index < -0.39 is 6.10 Å². The van der Waals surface area contributed by atoms with Crippen molar-refractivity contribution in [2.75, 3.05) is 19.7 Å². The Morgan fingerprint density at radius 1 is 1.12 bits per heavy atom. The molecule has 2 heterocycles. The summed E-state index contributed by atoms with van der Waals surface area (Å²) in [7, 11) is 0. The van der Waals surface area contributed by atoms with E-state index in [2.05, 4.69) is 10.1 Å². The second-order valence-corrected chi connectivity index (χ2v) is 8.34. The normalized spacial score (nSPS) is 16.7. The number of aliphatic hydroxyl groups excluding tert-OH is 1. The van der Waals surface area contributed by atoms with Crippen molar-refractivity contribution in [1.29, 1.82) is 0 Å². The molecular weight excluding hydrogens is 428 g/mol. The van der Waals surface area contributed by atoms with Crippen molar-refractivity contribution < 1.29 is 19.1 Å². The summed E-state index contributed by atoms with van der Waals surface area (Å²) in [5.41, 5.74) is 3.09. The van der Waals surface area contributed by atoms with Gasteiger partial charge in [-0.15, -0.1) is 0 Å². The number of nitrogens with zero attached hydrogens (tertiary/aromatic N) is 2. The summed E-state index contributed by atoms with van der Waals surface area (Å²) in [5.74, 6) is 0.734. The first-order chi connectivity index (χ1) is 15.7. The smallest absolute Gasteiger partial charge is 0.145 e. The van der Waals surface area contributed by atoms with Gasteiger partial charge in [0, 0.05) is 31.1 Å². The number of furan rings is 1. The SMILES string of the molecule is OC(COCc1ccco1)CN(Cc1cccc(Cl)c1)CC1CC(c2ccccc2)=NO1. The van der Waals surface area contributed by atoms with Crippen molar-refractivity contribution >= 4 is 17.3 Å². The molecular formula is C25H27ClN2O4. The van der Waals surface area contributed by atoms with E-state index in [1.54, 1.807) is 6.26 Å². The molecule has 0 saturated carbocycles. The van der Waals surface area contributed by atoms with Crippen LogP contribution in [0.1, 0.15) is 23.3 Å². The van der Waals surface area contributed by atoms with Gasteiger partial charge in [0.1, 0.15) is 18.5 Å². The molecule has 2 atom stereocenters. The number of aliphatic hydroxyl groups is 1. The minimum Gasteiger partial charge on any atom is -0.467 e. The Hall–Kier alpha value is -2.64. The summed E-state index contributed by atoms with van der Waals surface area (Å²) in [5, 5.41) is 15.6. The summed E-state index contributed by atoms with van der Waals surface area (Å²) in [4.78, 5) is 7.87. The first-order valence-corrected chi connectivity index (χ1v) is 11.1. The van der Waals surface area contributed by atoms with Gasteiger partial charge in [-0.25, -0.2) is 0 Å². The first-order valence-electron chi connectivity index (χ1n) is 10.7. The van der Waals surface area contributed by atoms with Crippen LogP contribution in [0, 0.1) is 0 Å². The molecule has 3 aromatic rings. The minimum absolute atomic E-state index is 0.0828. The van der Waals surface area contributed by atoms with Crippen molar-refractivity contribution in [3.05, 3.63) is 94.9 Å². The number of rotatable bonds is 11. The van der Waals surface area contributed by atoms with Crippen LogP contribution in [0.3, 0.4) is 0 Å². The van der Waals surface area contributed by atoms with Crippen molar-refractivity contribution in [2.24, 2.45) is 5.16 Å². The van der Waals surface area contributed by atoms with Gasteiger partial charge in [0.25, 0.3) is 0 Å². The van der Waals surface area contributed by atoms with Crippen LogP contribution < -0.4 is 0 Å². The standard InChI is InChI=1S/C25H27ClN2O4/c26-21-9-4-6-19(12-21)14-28(15-22(29)17-30-18-23-10-5-11-31-23)16-24-13-25(27-32-24)20-7-2-1-3-8-20/h1-12,22,24,29H,13-18H2. The fourth-order valence-electron chi connectivity index (χ4n) is 3.75. The monoisotopic (exact) mass is 454 g/mol. The van der Waals surface area contributed by atoms with Crippen molar-refractivity contribution in [3.8, 4) is 0 Å². The molecule has 6 nitrogen and oxygen atoms in total. The van der Waals surface area contributed by atoms with E-state index in [9.17, 15) is 5.11 Å². The molecule has 32 heavy (non-hydrogen) atoms. The van der Waals surface area contributed by atoms with Crippen LogP contribution >= 0.6 is 11.6 Å². The first kappa shape index (κ1) is 22.6. The Bertz CT molecular complexity index is 994. The fourth-order valence-corrected chi connectivity index (χ4v) is 3.97. The van der Waals surface area contributed by atoms with Crippen LogP contribution in [-0.4, -0.2) is 47.6 Å².